The van der Waals surface area contributed by atoms with Crippen molar-refractivity contribution in [1.82, 2.24) is 9.55 Å². The molecule has 2 aromatic rings. The Labute approximate surface area is 130 Å². The number of hydrogen-bond acceptors (Lipinski definition) is 5. The van der Waals surface area contributed by atoms with E-state index < -0.39 is 5.97 Å². The predicted octanol–water partition coefficient (Wildman–Crippen LogP) is 3.00. The van der Waals surface area contributed by atoms with Crippen molar-refractivity contribution >= 4 is 39.3 Å². The molecule has 1 fully saturated rings. The van der Waals surface area contributed by atoms with E-state index in [2.05, 4.69) is 4.98 Å². The minimum atomic E-state index is -0.900. The van der Waals surface area contributed by atoms with Gasteiger partial charge in [0.2, 0.25) is 0 Å². The largest absolute Gasteiger partial charge is 0.481 e. The lowest BCUT2D eigenvalue weighted by Gasteiger charge is -2.33. The smallest absolute Gasteiger partial charge is 0.313 e. The molecule has 0 aliphatic heterocycles. The van der Waals surface area contributed by atoms with Gasteiger partial charge in [0, 0.05) is 6.04 Å². The van der Waals surface area contributed by atoms with Crippen molar-refractivity contribution in [3.05, 3.63) is 21.8 Å². The van der Waals surface area contributed by atoms with Crippen LogP contribution in [0.25, 0.3) is 10.2 Å². The third kappa shape index (κ3) is 2.72. The van der Waals surface area contributed by atoms with E-state index in [1.807, 2.05) is 18.4 Å². The second-order valence-electron chi connectivity index (χ2n) is 5.32. The maximum absolute atomic E-state index is 12.7. The molecule has 7 heteroatoms. The molecule has 3 rings (SSSR count). The highest BCUT2D eigenvalue weighted by Gasteiger charge is 2.28. The number of rotatable bonds is 5. The van der Waals surface area contributed by atoms with Gasteiger partial charge in [-0.25, -0.2) is 4.98 Å². The fourth-order valence-electron chi connectivity index (χ4n) is 2.62. The molecule has 1 aliphatic carbocycles. The van der Waals surface area contributed by atoms with Crippen LogP contribution in [-0.2, 0) is 4.79 Å². The van der Waals surface area contributed by atoms with Gasteiger partial charge in [0.05, 0.1) is 11.3 Å². The summed E-state index contributed by atoms with van der Waals surface area (Å²) >= 11 is 2.52. The summed E-state index contributed by atoms with van der Waals surface area (Å²) in [6.07, 6.45) is 3.45. The first-order chi connectivity index (χ1) is 10.1. The lowest BCUT2D eigenvalue weighted by molar-refractivity contribution is -0.133. The molecule has 1 saturated carbocycles. The second-order valence-corrected chi connectivity index (χ2v) is 7.18. The summed E-state index contributed by atoms with van der Waals surface area (Å²) in [7, 11) is 0. The van der Waals surface area contributed by atoms with Gasteiger partial charge in [0.1, 0.15) is 4.70 Å². The maximum atomic E-state index is 12.7. The van der Waals surface area contributed by atoms with Crippen LogP contribution in [0.2, 0.25) is 0 Å². The molecule has 112 valence electrons. The molecule has 0 amide bonds. The van der Waals surface area contributed by atoms with Crippen molar-refractivity contribution in [3.63, 3.8) is 0 Å². The van der Waals surface area contributed by atoms with Crippen LogP contribution in [-0.4, -0.2) is 26.4 Å². The highest BCUT2D eigenvalue weighted by atomic mass is 32.2. The number of carboxylic acids is 1. The molecule has 1 N–H and O–H groups in total. The maximum Gasteiger partial charge on any atom is 0.313 e. The monoisotopic (exact) mass is 324 g/mol. The molecule has 0 saturated heterocycles. The van der Waals surface area contributed by atoms with Gasteiger partial charge in [-0.05, 0) is 37.1 Å². The minimum absolute atomic E-state index is 0.0395. The Bertz CT molecular complexity index is 733. The lowest BCUT2D eigenvalue weighted by Crippen LogP contribution is -2.32. The number of nitrogens with zero attached hydrogens (tertiary/aromatic N) is 2. The van der Waals surface area contributed by atoms with Gasteiger partial charge in [-0.15, -0.1) is 11.3 Å². The molecule has 1 atom stereocenters. The molecule has 2 heterocycles. The van der Waals surface area contributed by atoms with E-state index in [9.17, 15) is 9.59 Å². The predicted molar refractivity (Wildman–Crippen MR) is 84.3 cm³/mol. The van der Waals surface area contributed by atoms with Crippen LogP contribution in [0.5, 0.6) is 0 Å². The minimum Gasteiger partial charge on any atom is -0.481 e. The Morgan fingerprint density at radius 1 is 1.62 bits per heavy atom. The standard InChI is InChI=1S/C14H16N2O3S2/c1-8(9-3-2-4-9)16-13(19)12-10(5-6-20-12)15-14(16)21-7-11(17)18/h5-6,8-9H,2-4,7H2,1H3,(H,17,18). The lowest BCUT2D eigenvalue weighted by atomic mass is 9.80. The fourth-order valence-corrected chi connectivity index (χ4v) is 4.19. The zero-order chi connectivity index (χ0) is 15.0. The first-order valence-electron chi connectivity index (χ1n) is 6.92. The van der Waals surface area contributed by atoms with Crippen LogP contribution in [0, 0.1) is 5.92 Å². The Morgan fingerprint density at radius 2 is 2.38 bits per heavy atom. The van der Waals surface area contributed by atoms with E-state index in [0.29, 0.717) is 21.3 Å². The van der Waals surface area contributed by atoms with E-state index in [4.69, 9.17) is 5.11 Å². The summed E-state index contributed by atoms with van der Waals surface area (Å²) in [6, 6.07) is 1.88. The van der Waals surface area contributed by atoms with Crippen molar-refractivity contribution in [2.24, 2.45) is 5.92 Å². The Morgan fingerprint density at radius 3 is 3.00 bits per heavy atom. The molecule has 0 bridgehead atoms. The number of fused-ring (bicyclic) bond motifs is 1. The topological polar surface area (TPSA) is 72.2 Å². The van der Waals surface area contributed by atoms with Gasteiger partial charge >= 0.3 is 5.97 Å². The molecule has 21 heavy (non-hydrogen) atoms. The normalized spacial score (nSPS) is 16.8. The summed E-state index contributed by atoms with van der Waals surface area (Å²) in [5.41, 5.74) is 0.622. The number of hydrogen-bond donors (Lipinski definition) is 1. The van der Waals surface area contributed by atoms with E-state index in [0.717, 1.165) is 24.6 Å². The van der Waals surface area contributed by atoms with Crippen molar-refractivity contribution in [3.8, 4) is 0 Å². The van der Waals surface area contributed by atoms with Crippen molar-refractivity contribution in [2.75, 3.05) is 5.75 Å². The SMILES string of the molecule is CC(C1CCC1)n1c(SCC(=O)O)nc2ccsc2c1=O. The number of aliphatic carboxylic acids is 1. The van der Waals surface area contributed by atoms with Gasteiger partial charge < -0.3 is 5.11 Å². The average molecular weight is 324 g/mol. The number of carbonyl (C=O) groups is 1. The molecule has 0 aromatic carbocycles. The highest BCUT2D eigenvalue weighted by Crippen LogP contribution is 2.37. The first kappa shape index (κ1) is 14.6. The Kier molecular flexibility index (Phi) is 4.03. The Hall–Kier alpha value is -1.34. The summed E-state index contributed by atoms with van der Waals surface area (Å²) in [6.45, 7) is 2.04. The zero-order valence-electron chi connectivity index (χ0n) is 11.6. The third-order valence-corrected chi connectivity index (χ3v) is 5.87. The van der Waals surface area contributed by atoms with E-state index >= 15 is 0 Å². The van der Waals surface area contributed by atoms with Crippen molar-refractivity contribution in [1.29, 1.82) is 0 Å². The van der Waals surface area contributed by atoms with Gasteiger partial charge in [-0.1, -0.05) is 18.2 Å². The summed E-state index contributed by atoms with van der Waals surface area (Å²) < 4.78 is 2.36. The van der Waals surface area contributed by atoms with Crippen LogP contribution < -0.4 is 5.56 Å². The second kappa shape index (κ2) is 5.81. The van der Waals surface area contributed by atoms with Crippen molar-refractivity contribution < 1.29 is 9.90 Å². The quantitative estimate of drug-likeness (QED) is 0.676. The highest BCUT2D eigenvalue weighted by molar-refractivity contribution is 7.99. The molecule has 0 radical (unpaired) electrons. The van der Waals surface area contributed by atoms with Gasteiger partial charge in [-0.3, -0.25) is 14.2 Å². The summed E-state index contributed by atoms with van der Waals surface area (Å²) in [5, 5.41) is 11.3. The fraction of sp³-hybridized carbons (Fsp3) is 0.500. The van der Waals surface area contributed by atoms with Crippen LogP contribution >= 0.6 is 23.1 Å². The van der Waals surface area contributed by atoms with E-state index in [1.165, 1.54) is 17.8 Å². The number of thiophene rings is 1. The zero-order valence-corrected chi connectivity index (χ0v) is 13.2. The first-order valence-corrected chi connectivity index (χ1v) is 8.79. The number of carboxylic acid groups (broad SMARTS) is 1. The molecule has 1 unspecified atom stereocenters. The van der Waals surface area contributed by atoms with Crippen LogP contribution in [0.3, 0.4) is 0 Å². The van der Waals surface area contributed by atoms with E-state index in [-0.39, 0.29) is 17.4 Å². The van der Waals surface area contributed by atoms with Crippen LogP contribution in [0.15, 0.2) is 21.4 Å². The van der Waals surface area contributed by atoms with E-state index in [1.54, 1.807) is 4.57 Å². The van der Waals surface area contributed by atoms with Crippen LogP contribution in [0.4, 0.5) is 0 Å². The molecular weight excluding hydrogens is 308 g/mol. The van der Waals surface area contributed by atoms with Gasteiger partial charge in [-0.2, -0.15) is 0 Å². The third-order valence-electron chi connectivity index (χ3n) is 4.04. The summed E-state index contributed by atoms with van der Waals surface area (Å²) in [5.74, 6) is -0.493. The number of thioether (sulfide) groups is 1. The molecular formula is C14H16N2O3S2. The van der Waals surface area contributed by atoms with Crippen molar-refractivity contribution in [2.45, 2.75) is 37.4 Å². The average Bonchev–Trinajstić information content (AvgIpc) is 2.82. The molecule has 0 spiro atoms. The summed E-state index contributed by atoms with van der Waals surface area (Å²) in [4.78, 5) is 28.0. The Balaban J connectivity index is 2.08. The van der Waals surface area contributed by atoms with Gasteiger partial charge in [0.25, 0.3) is 5.56 Å². The van der Waals surface area contributed by atoms with Gasteiger partial charge in [0.15, 0.2) is 5.16 Å². The molecule has 1 aliphatic rings. The molecule has 5 nitrogen and oxygen atoms in total. The number of aromatic nitrogens is 2. The molecule has 2 aromatic heterocycles. The van der Waals surface area contributed by atoms with Crippen LogP contribution in [0.1, 0.15) is 32.2 Å².